The average molecular weight is 434 g/mol. The highest BCUT2D eigenvalue weighted by Gasteiger charge is 2.32. The zero-order chi connectivity index (χ0) is 22.3. The molecule has 5 heteroatoms. The molecule has 170 valence electrons. The fourth-order valence-electron chi connectivity index (χ4n) is 5.07. The summed E-state index contributed by atoms with van der Waals surface area (Å²) < 4.78 is 0. The van der Waals surface area contributed by atoms with Crippen LogP contribution in [0.15, 0.2) is 54.6 Å². The van der Waals surface area contributed by atoms with Crippen LogP contribution in [0.2, 0.25) is 0 Å². The van der Waals surface area contributed by atoms with Crippen LogP contribution in [0, 0.1) is 5.92 Å². The first kappa shape index (κ1) is 22.5. The minimum atomic E-state index is -0.119. The molecule has 2 aromatic carbocycles. The Morgan fingerprint density at radius 3 is 2.16 bits per heavy atom. The van der Waals surface area contributed by atoms with E-state index in [0.717, 1.165) is 62.6 Å². The first-order chi connectivity index (χ1) is 15.6. The molecular weight excluding hydrogens is 398 g/mol. The van der Waals surface area contributed by atoms with Crippen LogP contribution in [0.4, 0.5) is 5.69 Å². The van der Waals surface area contributed by atoms with Crippen molar-refractivity contribution in [3.05, 3.63) is 65.7 Å². The molecule has 0 unspecified atom stereocenters. The van der Waals surface area contributed by atoms with Gasteiger partial charge in [0, 0.05) is 35.8 Å². The van der Waals surface area contributed by atoms with Crippen molar-refractivity contribution >= 4 is 17.5 Å². The summed E-state index contributed by atoms with van der Waals surface area (Å²) in [5.41, 5.74) is 8.62. The molecule has 2 saturated carbocycles. The molecule has 0 atom stereocenters. The number of hydrogen-bond acceptors (Lipinski definition) is 3. The molecule has 0 heterocycles. The van der Waals surface area contributed by atoms with Gasteiger partial charge in [-0.15, -0.1) is 0 Å². The van der Waals surface area contributed by atoms with Crippen LogP contribution in [0.25, 0.3) is 0 Å². The fourth-order valence-corrected chi connectivity index (χ4v) is 5.07. The van der Waals surface area contributed by atoms with E-state index in [4.69, 9.17) is 5.73 Å². The van der Waals surface area contributed by atoms with E-state index in [1.165, 1.54) is 6.42 Å². The number of benzene rings is 2. The summed E-state index contributed by atoms with van der Waals surface area (Å²) in [6.45, 7) is 0.627. The van der Waals surface area contributed by atoms with Crippen LogP contribution in [-0.4, -0.2) is 28.8 Å². The van der Waals surface area contributed by atoms with Gasteiger partial charge in [0.25, 0.3) is 5.91 Å². The zero-order valence-electron chi connectivity index (χ0n) is 18.8. The number of hydrogen-bond donors (Lipinski definition) is 2. The summed E-state index contributed by atoms with van der Waals surface area (Å²) in [5.74, 6) is 0.376. The van der Waals surface area contributed by atoms with Gasteiger partial charge >= 0.3 is 0 Å². The van der Waals surface area contributed by atoms with Gasteiger partial charge in [-0.3, -0.25) is 9.59 Å². The molecule has 0 bridgehead atoms. The van der Waals surface area contributed by atoms with E-state index in [1.807, 2.05) is 42.5 Å². The number of anilines is 1. The molecule has 0 aromatic heterocycles. The van der Waals surface area contributed by atoms with Crippen molar-refractivity contribution in [1.29, 1.82) is 0 Å². The Morgan fingerprint density at radius 1 is 0.844 bits per heavy atom. The lowest BCUT2D eigenvalue weighted by Gasteiger charge is -2.39. The van der Waals surface area contributed by atoms with E-state index in [1.54, 1.807) is 12.1 Å². The predicted molar refractivity (Wildman–Crippen MR) is 128 cm³/mol. The lowest BCUT2D eigenvalue weighted by molar-refractivity contribution is -0.140. The molecule has 2 aliphatic carbocycles. The van der Waals surface area contributed by atoms with Gasteiger partial charge in [0.05, 0.1) is 0 Å². The van der Waals surface area contributed by atoms with Gasteiger partial charge in [-0.2, -0.15) is 0 Å². The van der Waals surface area contributed by atoms with Crippen molar-refractivity contribution in [3.63, 3.8) is 0 Å². The van der Waals surface area contributed by atoms with Crippen LogP contribution >= 0.6 is 0 Å². The first-order valence-corrected chi connectivity index (χ1v) is 12.1. The number of carbonyl (C=O) groups excluding carboxylic acids is 2. The Kier molecular flexibility index (Phi) is 7.59. The van der Waals surface area contributed by atoms with Crippen LogP contribution in [0.5, 0.6) is 0 Å². The molecular formula is C27H35N3O2. The number of amides is 2. The quantitative estimate of drug-likeness (QED) is 0.664. The molecule has 2 fully saturated rings. The van der Waals surface area contributed by atoms with Crippen LogP contribution in [0.3, 0.4) is 0 Å². The molecule has 3 N–H and O–H groups in total. The highest BCUT2D eigenvalue weighted by molar-refractivity contribution is 6.04. The number of rotatable bonds is 6. The second kappa shape index (κ2) is 10.8. The second-order valence-corrected chi connectivity index (χ2v) is 9.39. The van der Waals surface area contributed by atoms with E-state index < -0.39 is 0 Å². The summed E-state index contributed by atoms with van der Waals surface area (Å²) >= 11 is 0. The van der Waals surface area contributed by atoms with Crippen molar-refractivity contribution in [2.24, 2.45) is 11.7 Å². The smallest absolute Gasteiger partial charge is 0.255 e. The lowest BCUT2D eigenvalue weighted by atomic mass is 9.85. The number of nitrogens with zero attached hydrogens (tertiary/aromatic N) is 1. The molecule has 2 amide bonds. The van der Waals surface area contributed by atoms with Gasteiger partial charge in [-0.1, -0.05) is 49.6 Å². The monoisotopic (exact) mass is 433 g/mol. The third kappa shape index (κ3) is 5.77. The third-order valence-electron chi connectivity index (χ3n) is 7.02. The minimum absolute atomic E-state index is 0.119. The van der Waals surface area contributed by atoms with Crippen LogP contribution < -0.4 is 11.1 Å². The largest absolute Gasteiger partial charge is 0.335 e. The van der Waals surface area contributed by atoms with Gasteiger partial charge in [0.15, 0.2) is 0 Å². The summed E-state index contributed by atoms with van der Waals surface area (Å²) in [6, 6.07) is 17.7. The lowest BCUT2D eigenvalue weighted by Crippen LogP contribution is -2.46. The van der Waals surface area contributed by atoms with Crippen molar-refractivity contribution < 1.29 is 9.59 Å². The van der Waals surface area contributed by atoms with Crippen molar-refractivity contribution in [3.8, 4) is 0 Å². The van der Waals surface area contributed by atoms with Crippen molar-refractivity contribution in [2.45, 2.75) is 76.4 Å². The van der Waals surface area contributed by atoms with Crippen molar-refractivity contribution in [1.82, 2.24) is 4.90 Å². The number of nitrogens with two attached hydrogens (primary N) is 1. The molecule has 32 heavy (non-hydrogen) atoms. The Labute approximate surface area is 191 Å². The maximum atomic E-state index is 13.5. The standard InChI is InChI=1S/C27H35N3O2/c28-23-13-17-25(18-14-23)30(27(32)22-9-5-2-6-10-22)19-20-11-15-24(16-12-20)29-26(31)21-7-3-1-4-8-21/h1,3-4,7-8,11-12,15-16,22-23,25H,2,5-6,9-10,13-14,17-19,28H2,(H,29,31). The van der Waals surface area contributed by atoms with Gasteiger partial charge in [-0.05, 0) is 68.4 Å². The molecule has 5 nitrogen and oxygen atoms in total. The molecule has 0 saturated heterocycles. The molecule has 0 aliphatic heterocycles. The number of nitrogens with one attached hydrogen (secondary N) is 1. The van der Waals surface area contributed by atoms with E-state index in [2.05, 4.69) is 10.2 Å². The summed E-state index contributed by atoms with van der Waals surface area (Å²) in [4.78, 5) is 28.0. The Hall–Kier alpha value is -2.66. The molecule has 0 radical (unpaired) electrons. The predicted octanol–water partition coefficient (Wildman–Crippen LogP) is 5.12. The Balaban J connectivity index is 1.44. The zero-order valence-corrected chi connectivity index (χ0v) is 18.8. The molecule has 2 aliphatic rings. The van der Waals surface area contributed by atoms with E-state index in [0.29, 0.717) is 18.0 Å². The van der Waals surface area contributed by atoms with Gasteiger partial charge in [0.1, 0.15) is 0 Å². The average Bonchev–Trinajstić information content (AvgIpc) is 2.85. The topological polar surface area (TPSA) is 75.4 Å². The second-order valence-electron chi connectivity index (χ2n) is 9.39. The van der Waals surface area contributed by atoms with Gasteiger partial charge in [0.2, 0.25) is 5.91 Å². The summed E-state index contributed by atoms with van der Waals surface area (Å²) in [6.07, 6.45) is 9.57. The third-order valence-corrected chi connectivity index (χ3v) is 7.02. The molecule has 0 spiro atoms. The maximum absolute atomic E-state index is 13.5. The normalized spacial score (nSPS) is 21.7. The van der Waals surface area contributed by atoms with E-state index in [-0.39, 0.29) is 23.9 Å². The fraction of sp³-hybridized carbons (Fsp3) is 0.481. The summed E-state index contributed by atoms with van der Waals surface area (Å²) in [5, 5.41) is 2.95. The maximum Gasteiger partial charge on any atom is 0.255 e. The van der Waals surface area contributed by atoms with Gasteiger partial charge in [-0.25, -0.2) is 0 Å². The summed E-state index contributed by atoms with van der Waals surface area (Å²) in [7, 11) is 0. The molecule has 4 rings (SSSR count). The first-order valence-electron chi connectivity index (χ1n) is 12.1. The number of carbonyl (C=O) groups is 2. The van der Waals surface area contributed by atoms with Crippen LogP contribution in [0.1, 0.15) is 73.7 Å². The SMILES string of the molecule is NC1CCC(N(Cc2ccc(NC(=O)c3ccccc3)cc2)C(=O)C2CCCCC2)CC1. The highest BCUT2D eigenvalue weighted by Crippen LogP contribution is 2.30. The highest BCUT2D eigenvalue weighted by atomic mass is 16.2. The molecule has 2 aromatic rings. The van der Waals surface area contributed by atoms with Crippen molar-refractivity contribution in [2.75, 3.05) is 5.32 Å². The Bertz CT molecular complexity index is 883. The van der Waals surface area contributed by atoms with E-state index >= 15 is 0 Å². The Morgan fingerprint density at radius 2 is 1.50 bits per heavy atom. The van der Waals surface area contributed by atoms with Crippen LogP contribution in [-0.2, 0) is 11.3 Å². The minimum Gasteiger partial charge on any atom is -0.335 e. The van der Waals surface area contributed by atoms with E-state index in [9.17, 15) is 9.59 Å². The van der Waals surface area contributed by atoms with Gasteiger partial charge < -0.3 is 16.0 Å².